The predicted octanol–water partition coefficient (Wildman–Crippen LogP) is 3.74. The minimum Gasteiger partial charge on any atom is -0.497 e. The molecular weight excluding hydrogens is 462 g/mol. The van der Waals surface area contributed by atoms with Gasteiger partial charge in [0.1, 0.15) is 5.75 Å². The molecule has 4 aromatic rings. The molecule has 1 unspecified atom stereocenters. The van der Waals surface area contributed by atoms with Crippen molar-refractivity contribution in [3.63, 3.8) is 0 Å². The minimum atomic E-state index is -0.427. The number of thioether (sulfide) groups is 1. The van der Waals surface area contributed by atoms with Gasteiger partial charge in [0.25, 0.3) is 5.56 Å². The highest BCUT2D eigenvalue weighted by molar-refractivity contribution is 8.00. The summed E-state index contributed by atoms with van der Waals surface area (Å²) in [5.41, 5.74) is 3.26. The first-order valence-corrected chi connectivity index (χ1v) is 12.2. The topological polar surface area (TPSA) is 99.0 Å². The Bertz CT molecular complexity index is 1370. The van der Waals surface area contributed by atoms with Crippen molar-refractivity contribution in [2.24, 2.45) is 0 Å². The number of nitrogens with zero attached hydrogens (tertiary/aromatic N) is 4. The summed E-state index contributed by atoms with van der Waals surface area (Å²) in [6.07, 6.45) is 3.55. The lowest BCUT2D eigenvalue weighted by Crippen LogP contribution is -2.33. The van der Waals surface area contributed by atoms with Crippen molar-refractivity contribution >= 4 is 28.8 Å². The van der Waals surface area contributed by atoms with Crippen LogP contribution in [-0.4, -0.2) is 37.8 Å². The van der Waals surface area contributed by atoms with Gasteiger partial charge in [0, 0.05) is 18.9 Å². The summed E-state index contributed by atoms with van der Waals surface area (Å²) in [6.45, 7) is 4.69. The smallest absolute Gasteiger partial charge is 0.282 e. The molecule has 1 atom stereocenters. The number of hydrogen-bond donors (Lipinski definition) is 1. The number of rotatable bonds is 9. The van der Waals surface area contributed by atoms with E-state index in [1.807, 2.05) is 62.4 Å². The van der Waals surface area contributed by atoms with Crippen LogP contribution in [0.4, 0.5) is 0 Å². The van der Waals surface area contributed by atoms with Crippen LogP contribution < -0.4 is 15.6 Å². The Hall–Kier alpha value is -3.72. The highest BCUT2D eigenvalue weighted by Gasteiger charge is 2.22. The third-order valence-electron chi connectivity index (χ3n) is 5.56. The summed E-state index contributed by atoms with van der Waals surface area (Å²) in [5.74, 6) is 0.622. The van der Waals surface area contributed by atoms with Crippen molar-refractivity contribution in [2.45, 2.75) is 43.8 Å². The van der Waals surface area contributed by atoms with Crippen molar-refractivity contribution in [3.05, 3.63) is 88.0 Å². The molecule has 0 saturated heterocycles. The van der Waals surface area contributed by atoms with E-state index in [-0.39, 0.29) is 29.2 Å². The van der Waals surface area contributed by atoms with E-state index in [0.29, 0.717) is 18.1 Å². The van der Waals surface area contributed by atoms with Gasteiger partial charge in [-0.1, -0.05) is 60.6 Å². The molecule has 4 rings (SSSR count). The Morgan fingerprint density at radius 3 is 2.43 bits per heavy atom. The lowest BCUT2D eigenvalue weighted by atomic mass is 10.1. The van der Waals surface area contributed by atoms with Crippen molar-refractivity contribution in [1.82, 2.24) is 24.8 Å². The van der Waals surface area contributed by atoms with Crippen LogP contribution in [0.1, 0.15) is 30.0 Å². The summed E-state index contributed by atoms with van der Waals surface area (Å²) < 4.78 is 6.79. The Balaban J connectivity index is 1.61. The Morgan fingerprint density at radius 2 is 1.74 bits per heavy atom. The number of amides is 1. The molecule has 1 N–H and O–H groups in total. The Labute approximate surface area is 207 Å². The molecule has 8 nitrogen and oxygen atoms in total. The molecule has 2 heterocycles. The maximum atomic E-state index is 13.3. The van der Waals surface area contributed by atoms with Gasteiger partial charge in [-0.15, -0.1) is 0 Å². The first-order chi connectivity index (χ1) is 17.0. The minimum absolute atomic E-state index is 0.109. The van der Waals surface area contributed by atoms with E-state index in [2.05, 4.69) is 20.3 Å². The predicted molar refractivity (Wildman–Crippen MR) is 137 cm³/mol. The van der Waals surface area contributed by atoms with Crippen molar-refractivity contribution < 1.29 is 9.53 Å². The van der Waals surface area contributed by atoms with E-state index in [4.69, 9.17) is 4.74 Å². The van der Waals surface area contributed by atoms with Crippen LogP contribution in [0.25, 0.3) is 11.2 Å². The molecule has 1 amide bonds. The molecule has 0 aliphatic rings. The second-order valence-corrected chi connectivity index (χ2v) is 9.25. The quantitative estimate of drug-likeness (QED) is 0.282. The second kappa shape index (κ2) is 11.1. The number of aryl methyl sites for hydroxylation is 1. The van der Waals surface area contributed by atoms with Gasteiger partial charge in [0.05, 0.1) is 18.9 Å². The average molecular weight is 490 g/mol. The van der Waals surface area contributed by atoms with Gasteiger partial charge in [0.2, 0.25) is 5.91 Å². The van der Waals surface area contributed by atoms with E-state index >= 15 is 0 Å². The van der Waals surface area contributed by atoms with Crippen LogP contribution >= 0.6 is 11.8 Å². The molecule has 9 heteroatoms. The summed E-state index contributed by atoms with van der Waals surface area (Å²) in [5, 5.41) is 3.01. The van der Waals surface area contributed by atoms with Gasteiger partial charge in [-0.25, -0.2) is 15.0 Å². The summed E-state index contributed by atoms with van der Waals surface area (Å²) in [7, 11) is 1.61. The third kappa shape index (κ3) is 5.86. The van der Waals surface area contributed by atoms with Gasteiger partial charge < -0.3 is 10.1 Å². The number of carbonyl (C=O) groups excluding carboxylic acids is 1. The number of carbonyl (C=O) groups is 1. The van der Waals surface area contributed by atoms with Gasteiger partial charge in [-0.3, -0.25) is 14.2 Å². The summed E-state index contributed by atoms with van der Waals surface area (Å²) in [6, 6.07) is 15.5. The molecule has 2 aromatic heterocycles. The molecular formula is C26H27N5O3S. The van der Waals surface area contributed by atoms with Crippen LogP contribution in [0, 0.1) is 6.92 Å². The molecule has 0 spiro atoms. The maximum absolute atomic E-state index is 13.3. The highest BCUT2D eigenvalue weighted by atomic mass is 32.2. The fraction of sp³-hybridized carbons (Fsp3) is 0.269. The number of benzene rings is 2. The van der Waals surface area contributed by atoms with Gasteiger partial charge in [-0.2, -0.15) is 0 Å². The SMILES string of the molecule is CCC(Sc1nc2nccnc2c(=O)n1Cc1ccc(OC)cc1)C(=O)NCc1ccc(C)cc1. The number of ether oxygens (including phenoxy) is 1. The molecule has 0 fully saturated rings. The van der Waals surface area contributed by atoms with E-state index in [9.17, 15) is 9.59 Å². The van der Waals surface area contributed by atoms with Crippen LogP contribution in [-0.2, 0) is 17.9 Å². The largest absolute Gasteiger partial charge is 0.497 e. The first-order valence-electron chi connectivity index (χ1n) is 11.3. The molecule has 0 bridgehead atoms. The molecule has 180 valence electrons. The zero-order valence-corrected chi connectivity index (χ0v) is 20.7. The molecule has 0 aliphatic heterocycles. The molecule has 35 heavy (non-hydrogen) atoms. The van der Waals surface area contributed by atoms with E-state index in [0.717, 1.165) is 16.9 Å². The zero-order valence-electron chi connectivity index (χ0n) is 19.9. The van der Waals surface area contributed by atoms with Crippen LogP contribution in [0.5, 0.6) is 5.75 Å². The molecule has 0 radical (unpaired) electrons. The lowest BCUT2D eigenvalue weighted by Gasteiger charge is -2.18. The first kappa shape index (κ1) is 24.4. The normalized spacial score (nSPS) is 11.9. The summed E-state index contributed by atoms with van der Waals surface area (Å²) in [4.78, 5) is 39.4. The fourth-order valence-corrected chi connectivity index (χ4v) is 4.56. The summed E-state index contributed by atoms with van der Waals surface area (Å²) >= 11 is 1.26. The monoisotopic (exact) mass is 489 g/mol. The van der Waals surface area contributed by atoms with Crippen molar-refractivity contribution in [1.29, 1.82) is 0 Å². The molecule has 0 aliphatic carbocycles. The lowest BCUT2D eigenvalue weighted by molar-refractivity contribution is -0.120. The van der Waals surface area contributed by atoms with E-state index < -0.39 is 5.25 Å². The second-order valence-electron chi connectivity index (χ2n) is 8.08. The number of fused-ring (bicyclic) bond motifs is 1. The van der Waals surface area contributed by atoms with Crippen LogP contribution in [0.3, 0.4) is 0 Å². The molecule has 0 saturated carbocycles. The van der Waals surface area contributed by atoms with Gasteiger partial charge >= 0.3 is 0 Å². The van der Waals surface area contributed by atoms with E-state index in [1.165, 1.54) is 29.7 Å². The highest BCUT2D eigenvalue weighted by Crippen LogP contribution is 2.25. The standard InChI is InChI=1S/C26H27N5O3S/c1-4-21(24(32)29-15-18-7-5-17(2)6-8-18)35-26-30-23-22(27-13-14-28-23)25(33)31(26)16-19-9-11-20(34-3)12-10-19/h5-14,21H,4,15-16H2,1-3H3,(H,29,32). The van der Waals surface area contributed by atoms with Crippen molar-refractivity contribution in [2.75, 3.05) is 7.11 Å². The number of hydrogen-bond acceptors (Lipinski definition) is 7. The number of nitrogens with one attached hydrogen (secondary N) is 1. The average Bonchev–Trinajstić information content (AvgIpc) is 2.89. The number of aromatic nitrogens is 4. The van der Waals surface area contributed by atoms with E-state index in [1.54, 1.807) is 11.7 Å². The van der Waals surface area contributed by atoms with Crippen molar-refractivity contribution in [3.8, 4) is 5.75 Å². The number of methoxy groups -OCH3 is 1. The van der Waals surface area contributed by atoms with Crippen LogP contribution in [0.2, 0.25) is 0 Å². The Morgan fingerprint density at radius 1 is 1.06 bits per heavy atom. The van der Waals surface area contributed by atoms with Gasteiger partial charge in [0.15, 0.2) is 16.3 Å². The fourth-order valence-electron chi connectivity index (χ4n) is 3.53. The molecule has 2 aromatic carbocycles. The van der Waals surface area contributed by atoms with Gasteiger partial charge in [-0.05, 0) is 36.6 Å². The zero-order chi connectivity index (χ0) is 24.8. The third-order valence-corrected chi connectivity index (χ3v) is 6.91. The van der Waals surface area contributed by atoms with Crippen LogP contribution in [0.15, 0.2) is 70.9 Å². The maximum Gasteiger partial charge on any atom is 0.282 e. The Kier molecular flexibility index (Phi) is 7.77.